The molecule has 3 heterocycles. The first-order chi connectivity index (χ1) is 15.5. The van der Waals surface area contributed by atoms with Crippen LogP contribution in [0.15, 0.2) is 54.7 Å². The molecule has 1 N–H and O–H groups in total. The van der Waals surface area contributed by atoms with Crippen molar-refractivity contribution in [3.8, 4) is 5.75 Å². The molecule has 1 fully saturated rings. The zero-order chi connectivity index (χ0) is 22.5. The van der Waals surface area contributed by atoms with Crippen molar-refractivity contribution in [3.63, 3.8) is 0 Å². The zero-order valence-corrected chi connectivity index (χ0v) is 18.0. The van der Waals surface area contributed by atoms with Crippen molar-refractivity contribution in [1.29, 1.82) is 0 Å². The molecule has 1 aromatic carbocycles. The largest absolute Gasteiger partial charge is 0.478 e. The molecule has 9 heteroatoms. The molecule has 0 radical (unpaired) electrons. The van der Waals surface area contributed by atoms with Gasteiger partial charge in [-0.3, -0.25) is 4.79 Å². The van der Waals surface area contributed by atoms with Crippen LogP contribution in [0.4, 0.5) is 21.8 Å². The molecule has 0 spiro atoms. The summed E-state index contributed by atoms with van der Waals surface area (Å²) in [6.45, 7) is 5.78. The number of aryl methyl sites for hydroxylation is 1. The highest BCUT2D eigenvalue weighted by molar-refractivity contribution is 5.81. The maximum absolute atomic E-state index is 13.8. The van der Waals surface area contributed by atoms with Crippen LogP contribution >= 0.6 is 0 Å². The van der Waals surface area contributed by atoms with E-state index in [0.29, 0.717) is 43.6 Å². The Morgan fingerprint density at radius 2 is 1.81 bits per heavy atom. The van der Waals surface area contributed by atoms with E-state index in [4.69, 9.17) is 4.74 Å². The standard InChI is InChI=1S/C23H25FN6O2/c1-16(32-19-8-4-3-7-18(19)24)23(31)30-13-11-29(12-14-30)22-15-21(26-17(2)27-22)28-20-9-5-6-10-25-20/h3-10,15-16H,11-14H2,1-2H3,(H,25,26,27,28). The summed E-state index contributed by atoms with van der Waals surface area (Å²) in [6.07, 6.45) is 0.943. The molecule has 0 saturated carbocycles. The summed E-state index contributed by atoms with van der Waals surface area (Å²) in [4.78, 5) is 29.9. The van der Waals surface area contributed by atoms with Gasteiger partial charge in [-0.25, -0.2) is 19.3 Å². The lowest BCUT2D eigenvalue weighted by Crippen LogP contribution is -2.52. The average molecular weight is 436 g/mol. The van der Waals surface area contributed by atoms with Gasteiger partial charge in [0.1, 0.15) is 23.3 Å². The lowest BCUT2D eigenvalue weighted by Gasteiger charge is -2.36. The summed E-state index contributed by atoms with van der Waals surface area (Å²) in [6, 6.07) is 13.6. The van der Waals surface area contributed by atoms with E-state index in [1.54, 1.807) is 30.2 Å². The van der Waals surface area contributed by atoms with E-state index in [1.165, 1.54) is 12.1 Å². The maximum atomic E-state index is 13.8. The van der Waals surface area contributed by atoms with Crippen molar-refractivity contribution >= 4 is 23.4 Å². The number of piperazine rings is 1. The SMILES string of the molecule is Cc1nc(Nc2ccccn2)cc(N2CCN(C(=O)C(C)Oc3ccccc3F)CC2)n1. The minimum Gasteiger partial charge on any atom is -0.478 e. The molecular formula is C23H25FN6O2. The molecule has 1 aliphatic rings. The third-order valence-electron chi connectivity index (χ3n) is 5.15. The number of carbonyl (C=O) groups excluding carboxylic acids is 1. The summed E-state index contributed by atoms with van der Waals surface area (Å²) in [5.74, 6) is 2.24. The van der Waals surface area contributed by atoms with Crippen LogP contribution in [-0.2, 0) is 4.79 Å². The van der Waals surface area contributed by atoms with Crippen molar-refractivity contribution in [2.45, 2.75) is 20.0 Å². The molecule has 8 nitrogen and oxygen atoms in total. The van der Waals surface area contributed by atoms with Crippen LogP contribution in [0.5, 0.6) is 5.75 Å². The van der Waals surface area contributed by atoms with Crippen molar-refractivity contribution < 1.29 is 13.9 Å². The fourth-order valence-corrected chi connectivity index (χ4v) is 3.54. The van der Waals surface area contributed by atoms with Crippen molar-refractivity contribution in [3.05, 3.63) is 66.4 Å². The number of para-hydroxylation sites is 1. The van der Waals surface area contributed by atoms with Crippen LogP contribution < -0.4 is 15.0 Å². The number of hydrogen-bond donors (Lipinski definition) is 1. The topological polar surface area (TPSA) is 83.5 Å². The molecule has 32 heavy (non-hydrogen) atoms. The van der Waals surface area contributed by atoms with E-state index in [2.05, 4.69) is 25.2 Å². The first-order valence-electron chi connectivity index (χ1n) is 10.5. The van der Waals surface area contributed by atoms with Crippen LogP contribution in [0.1, 0.15) is 12.7 Å². The van der Waals surface area contributed by atoms with E-state index < -0.39 is 11.9 Å². The highest BCUT2D eigenvalue weighted by Crippen LogP contribution is 2.21. The van der Waals surface area contributed by atoms with Crippen LogP contribution in [0.3, 0.4) is 0 Å². The van der Waals surface area contributed by atoms with E-state index in [9.17, 15) is 9.18 Å². The Labute approximate surface area is 186 Å². The summed E-state index contributed by atoms with van der Waals surface area (Å²) in [7, 11) is 0. The van der Waals surface area contributed by atoms with Crippen LogP contribution in [0, 0.1) is 12.7 Å². The second-order valence-corrected chi connectivity index (χ2v) is 7.50. The van der Waals surface area contributed by atoms with Crippen molar-refractivity contribution in [1.82, 2.24) is 19.9 Å². The van der Waals surface area contributed by atoms with Gasteiger partial charge in [0.15, 0.2) is 17.7 Å². The second-order valence-electron chi connectivity index (χ2n) is 7.50. The van der Waals surface area contributed by atoms with Gasteiger partial charge in [0.2, 0.25) is 0 Å². The molecule has 3 aromatic rings. The van der Waals surface area contributed by atoms with Gasteiger partial charge >= 0.3 is 0 Å². The molecule has 4 rings (SSSR count). The third-order valence-corrected chi connectivity index (χ3v) is 5.15. The monoisotopic (exact) mass is 436 g/mol. The number of amides is 1. The summed E-state index contributed by atoms with van der Waals surface area (Å²) in [5, 5.41) is 3.19. The van der Waals surface area contributed by atoms with Gasteiger partial charge in [-0.15, -0.1) is 0 Å². The molecule has 1 atom stereocenters. The highest BCUT2D eigenvalue weighted by Gasteiger charge is 2.27. The molecule has 1 saturated heterocycles. The van der Waals surface area contributed by atoms with Gasteiger partial charge in [0, 0.05) is 38.4 Å². The van der Waals surface area contributed by atoms with E-state index in [1.807, 2.05) is 31.2 Å². The first-order valence-corrected chi connectivity index (χ1v) is 10.5. The van der Waals surface area contributed by atoms with Gasteiger partial charge in [-0.2, -0.15) is 0 Å². The summed E-state index contributed by atoms with van der Waals surface area (Å²) < 4.78 is 19.4. The van der Waals surface area contributed by atoms with Gasteiger partial charge < -0.3 is 19.9 Å². The molecule has 166 valence electrons. The number of nitrogens with zero attached hydrogens (tertiary/aromatic N) is 5. The van der Waals surface area contributed by atoms with E-state index >= 15 is 0 Å². The maximum Gasteiger partial charge on any atom is 0.263 e. The average Bonchev–Trinajstić information content (AvgIpc) is 2.80. The lowest BCUT2D eigenvalue weighted by molar-refractivity contribution is -0.138. The Bertz CT molecular complexity index is 1070. The molecule has 1 amide bonds. The lowest BCUT2D eigenvalue weighted by atomic mass is 10.2. The van der Waals surface area contributed by atoms with Crippen molar-refractivity contribution in [2.24, 2.45) is 0 Å². The number of anilines is 3. The number of rotatable bonds is 6. The summed E-state index contributed by atoms with van der Waals surface area (Å²) >= 11 is 0. The number of pyridine rings is 1. The predicted octanol–water partition coefficient (Wildman–Crippen LogP) is 3.18. The van der Waals surface area contributed by atoms with E-state index in [-0.39, 0.29) is 11.7 Å². The minimum absolute atomic E-state index is 0.0800. The van der Waals surface area contributed by atoms with Crippen LogP contribution in [0.2, 0.25) is 0 Å². The predicted molar refractivity (Wildman–Crippen MR) is 120 cm³/mol. The molecule has 0 bridgehead atoms. The van der Waals surface area contributed by atoms with E-state index in [0.717, 1.165) is 5.82 Å². The number of carbonyl (C=O) groups is 1. The second kappa shape index (κ2) is 9.59. The van der Waals surface area contributed by atoms with Gasteiger partial charge in [0.05, 0.1) is 0 Å². The Morgan fingerprint density at radius 3 is 2.53 bits per heavy atom. The van der Waals surface area contributed by atoms with Gasteiger partial charge in [-0.1, -0.05) is 18.2 Å². The zero-order valence-electron chi connectivity index (χ0n) is 18.0. The highest BCUT2D eigenvalue weighted by atomic mass is 19.1. The number of halogens is 1. The van der Waals surface area contributed by atoms with Gasteiger partial charge in [-0.05, 0) is 38.1 Å². The normalized spacial score (nSPS) is 14.7. The quantitative estimate of drug-likeness (QED) is 0.635. The van der Waals surface area contributed by atoms with Gasteiger partial charge in [0.25, 0.3) is 5.91 Å². The molecule has 1 unspecified atom stereocenters. The summed E-state index contributed by atoms with van der Waals surface area (Å²) in [5.41, 5.74) is 0. The smallest absolute Gasteiger partial charge is 0.263 e. The molecule has 2 aromatic heterocycles. The van der Waals surface area contributed by atoms with Crippen molar-refractivity contribution in [2.75, 3.05) is 36.4 Å². The fraction of sp³-hybridized carbons (Fsp3) is 0.304. The first kappa shape index (κ1) is 21.5. The third kappa shape index (κ3) is 5.11. The number of benzene rings is 1. The Kier molecular flexibility index (Phi) is 6.44. The number of aromatic nitrogens is 3. The Balaban J connectivity index is 1.37. The van der Waals surface area contributed by atoms with Crippen LogP contribution in [0.25, 0.3) is 0 Å². The molecule has 0 aliphatic carbocycles. The fourth-order valence-electron chi connectivity index (χ4n) is 3.54. The Hall–Kier alpha value is -3.75. The number of ether oxygens (including phenoxy) is 1. The molecule has 1 aliphatic heterocycles. The minimum atomic E-state index is -0.770. The Morgan fingerprint density at radius 1 is 1.06 bits per heavy atom. The molecular weight excluding hydrogens is 411 g/mol. The number of hydrogen-bond acceptors (Lipinski definition) is 7. The number of nitrogens with one attached hydrogen (secondary N) is 1. The van der Waals surface area contributed by atoms with Crippen LogP contribution in [-0.4, -0.2) is 58.0 Å².